The summed E-state index contributed by atoms with van der Waals surface area (Å²) in [4.78, 5) is 21.8. The summed E-state index contributed by atoms with van der Waals surface area (Å²) < 4.78 is 34.0. The zero-order valence-electron chi connectivity index (χ0n) is 19.0. The monoisotopic (exact) mass is 631 g/mol. The highest BCUT2D eigenvalue weighted by molar-refractivity contribution is 9.10. The molecule has 5 atom stereocenters. The van der Waals surface area contributed by atoms with Crippen molar-refractivity contribution in [2.45, 2.75) is 30.7 Å². The van der Waals surface area contributed by atoms with Gasteiger partial charge in [-0.15, -0.1) is 11.3 Å². The predicted molar refractivity (Wildman–Crippen MR) is 142 cm³/mol. The molecule has 37 heavy (non-hydrogen) atoms. The number of hydrogen-bond donors (Lipinski definition) is 6. The fraction of sp³-hybridized carbons (Fsp3) is 0.318. The lowest BCUT2D eigenvalue weighted by atomic mass is 10.0. The Labute approximate surface area is 230 Å². The Kier molecular flexibility index (Phi) is 8.62. The van der Waals surface area contributed by atoms with Crippen LogP contribution in [0.1, 0.15) is 38.8 Å². The van der Waals surface area contributed by atoms with Crippen molar-refractivity contribution in [1.29, 1.82) is 0 Å². The van der Waals surface area contributed by atoms with Crippen molar-refractivity contribution in [2.24, 2.45) is 11.7 Å². The van der Waals surface area contributed by atoms with Gasteiger partial charge in [0.25, 0.3) is 0 Å². The zero-order valence-corrected chi connectivity index (χ0v) is 22.9. The second-order valence-electron chi connectivity index (χ2n) is 8.54. The normalized spacial score (nSPS) is 22.6. The molecule has 0 unspecified atom stereocenters. The molecular weight excluding hydrogens is 610 g/mol. The Hall–Kier alpha value is -2.01. The average molecular weight is 633 g/mol. The minimum Gasteiger partial charge on any atom is -0.390 e. The first-order valence-corrected chi connectivity index (χ1v) is 14.4. The summed E-state index contributed by atoms with van der Waals surface area (Å²) >= 11 is 10.9. The lowest BCUT2D eigenvalue weighted by molar-refractivity contribution is 0.0184. The molecule has 1 aliphatic carbocycles. The molecule has 3 aromatic rings. The van der Waals surface area contributed by atoms with Gasteiger partial charge >= 0.3 is 10.3 Å². The van der Waals surface area contributed by atoms with Crippen molar-refractivity contribution in [3.63, 3.8) is 0 Å². The van der Waals surface area contributed by atoms with E-state index in [1.165, 1.54) is 12.5 Å². The maximum atomic E-state index is 13.4. The van der Waals surface area contributed by atoms with Crippen molar-refractivity contribution < 1.29 is 28.0 Å². The summed E-state index contributed by atoms with van der Waals surface area (Å²) in [6.07, 6.45) is 0.139. The quantitative estimate of drug-likeness (QED) is 0.151. The number of anilines is 1. The molecule has 2 aromatic heterocycles. The highest BCUT2D eigenvalue weighted by atomic mass is 79.9. The molecule has 0 spiro atoms. The van der Waals surface area contributed by atoms with Crippen LogP contribution in [0, 0.1) is 5.92 Å². The number of halogens is 2. The van der Waals surface area contributed by atoms with Gasteiger partial charge in [-0.25, -0.2) is 9.97 Å². The lowest BCUT2D eigenvalue weighted by Gasteiger charge is -2.19. The molecule has 0 bridgehead atoms. The van der Waals surface area contributed by atoms with E-state index in [4.69, 9.17) is 21.9 Å². The summed E-state index contributed by atoms with van der Waals surface area (Å²) in [6.45, 7) is -0.278. The van der Waals surface area contributed by atoms with Crippen LogP contribution in [-0.4, -0.2) is 63.7 Å². The fourth-order valence-corrected chi connectivity index (χ4v) is 6.34. The summed E-state index contributed by atoms with van der Waals surface area (Å²) in [5.74, 6) is -0.976. The van der Waals surface area contributed by atoms with Crippen LogP contribution in [0.5, 0.6) is 0 Å². The SMILES string of the molecule is N[C@@H](c1cccc(Br)c1)c1cc(C(=O)c2cncnc2N[C@@H]2C[C@H](CNS(=O)(=O)O)[C@@H](O)[C@H]2O)sc1Cl. The third-order valence-electron chi connectivity index (χ3n) is 6.09. The van der Waals surface area contributed by atoms with E-state index in [-0.39, 0.29) is 24.3 Å². The molecule has 7 N–H and O–H groups in total. The van der Waals surface area contributed by atoms with Gasteiger partial charge in [0.2, 0.25) is 5.78 Å². The first-order chi connectivity index (χ1) is 17.4. The molecule has 0 aliphatic heterocycles. The topological polar surface area (TPSA) is 188 Å². The van der Waals surface area contributed by atoms with Crippen molar-refractivity contribution >= 4 is 60.8 Å². The number of aliphatic hydroxyl groups excluding tert-OH is 2. The molecule has 1 aromatic carbocycles. The number of rotatable bonds is 9. The zero-order chi connectivity index (χ0) is 26.9. The molecule has 198 valence electrons. The standard InChI is InChI=1S/C22H23BrClN5O6S2/c23-12-3-1-2-10(4-12)17(25)13-6-16(36-21(13)24)19(31)14-8-26-9-27-22(14)29-15-5-11(18(30)20(15)32)7-28-37(33,34)35/h1-4,6,8-9,11,15,17-18,20,28,30,32H,5,7,25H2,(H,26,27,29)(H,33,34,35)/t11-,15-,17+,18-,20+/m1/s1. The van der Waals surface area contributed by atoms with Crippen LogP contribution >= 0.6 is 38.9 Å². The van der Waals surface area contributed by atoms with E-state index >= 15 is 0 Å². The van der Waals surface area contributed by atoms with E-state index in [1.54, 1.807) is 6.07 Å². The molecule has 15 heteroatoms. The van der Waals surface area contributed by atoms with Crippen LogP contribution in [0.2, 0.25) is 4.34 Å². The van der Waals surface area contributed by atoms with Gasteiger partial charge in [0.05, 0.1) is 33.0 Å². The number of ketones is 1. The van der Waals surface area contributed by atoms with Crippen molar-refractivity contribution in [1.82, 2.24) is 14.7 Å². The van der Waals surface area contributed by atoms with Crippen LogP contribution in [0.4, 0.5) is 5.82 Å². The van der Waals surface area contributed by atoms with Gasteiger partial charge in [0.15, 0.2) is 0 Å². The number of aromatic nitrogens is 2. The molecule has 0 amide bonds. The predicted octanol–water partition coefficient (Wildman–Crippen LogP) is 2.15. The Balaban J connectivity index is 1.54. The maximum absolute atomic E-state index is 13.4. The Morgan fingerprint density at radius 1 is 1.30 bits per heavy atom. The molecule has 0 saturated heterocycles. The van der Waals surface area contributed by atoms with Gasteiger partial charge in [-0.1, -0.05) is 39.7 Å². The van der Waals surface area contributed by atoms with Crippen LogP contribution in [0.15, 0.2) is 47.3 Å². The van der Waals surface area contributed by atoms with Crippen LogP contribution in [0.3, 0.4) is 0 Å². The number of benzene rings is 1. The van der Waals surface area contributed by atoms with Crippen LogP contribution in [-0.2, 0) is 10.3 Å². The fourth-order valence-electron chi connectivity index (χ4n) is 4.19. The average Bonchev–Trinajstić information content (AvgIpc) is 3.36. The highest BCUT2D eigenvalue weighted by Crippen LogP contribution is 2.36. The molecule has 1 aliphatic rings. The maximum Gasteiger partial charge on any atom is 0.333 e. The van der Waals surface area contributed by atoms with E-state index in [0.717, 1.165) is 21.4 Å². The van der Waals surface area contributed by atoms with E-state index in [2.05, 4.69) is 31.2 Å². The van der Waals surface area contributed by atoms with E-state index in [0.29, 0.717) is 14.8 Å². The van der Waals surface area contributed by atoms with E-state index < -0.39 is 46.3 Å². The third kappa shape index (κ3) is 6.53. The molecule has 1 saturated carbocycles. The van der Waals surface area contributed by atoms with E-state index in [9.17, 15) is 23.4 Å². The summed E-state index contributed by atoms with van der Waals surface area (Å²) in [7, 11) is -4.45. The van der Waals surface area contributed by atoms with Crippen LogP contribution in [0.25, 0.3) is 0 Å². The highest BCUT2D eigenvalue weighted by Gasteiger charge is 2.42. The minimum absolute atomic E-state index is 0.115. The summed E-state index contributed by atoms with van der Waals surface area (Å²) in [5, 5.41) is 23.8. The number of thiophene rings is 1. The third-order valence-corrected chi connectivity index (χ3v) is 8.50. The first-order valence-electron chi connectivity index (χ1n) is 10.9. The largest absolute Gasteiger partial charge is 0.390 e. The number of nitrogens with two attached hydrogens (primary N) is 1. The number of nitrogens with zero attached hydrogens (tertiary/aromatic N) is 2. The van der Waals surface area contributed by atoms with E-state index in [1.807, 2.05) is 29.0 Å². The van der Waals surface area contributed by atoms with Gasteiger partial charge in [0, 0.05) is 28.7 Å². The summed E-state index contributed by atoms with van der Waals surface area (Å²) in [5.41, 5.74) is 7.92. The summed E-state index contributed by atoms with van der Waals surface area (Å²) in [6, 6.07) is 7.77. The van der Waals surface area contributed by atoms with Crippen molar-refractivity contribution in [2.75, 3.05) is 11.9 Å². The molecule has 0 radical (unpaired) electrons. The molecule has 2 heterocycles. The number of aliphatic hydroxyl groups is 2. The van der Waals surface area contributed by atoms with Gasteiger partial charge in [0.1, 0.15) is 18.2 Å². The second-order valence-corrected chi connectivity index (χ2v) is 12.3. The molecule has 4 rings (SSSR count). The van der Waals surface area contributed by atoms with Crippen LogP contribution < -0.4 is 15.8 Å². The molecule has 11 nitrogen and oxygen atoms in total. The molecular formula is C22H23BrClN5O6S2. The Bertz CT molecular complexity index is 1410. The van der Waals surface area contributed by atoms with Gasteiger partial charge < -0.3 is 21.3 Å². The number of carbonyl (C=O) groups excluding carboxylic acids is 1. The van der Waals surface area contributed by atoms with Crippen molar-refractivity contribution in [3.8, 4) is 0 Å². The Morgan fingerprint density at radius 3 is 2.76 bits per heavy atom. The van der Waals surface area contributed by atoms with Gasteiger partial charge in [-0.05, 0) is 30.2 Å². The minimum atomic E-state index is -4.45. The van der Waals surface area contributed by atoms with Gasteiger partial charge in [-0.2, -0.15) is 13.1 Å². The lowest BCUT2D eigenvalue weighted by Crippen LogP contribution is -2.37. The number of carbonyl (C=O) groups is 1. The second kappa shape index (κ2) is 11.4. The van der Waals surface area contributed by atoms with Gasteiger partial charge in [-0.3, -0.25) is 9.35 Å². The Morgan fingerprint density at radius 2 is 2.05 bits per heavy atom. The first kappa shape index (κ1) is 28.0. The number of hydrogen-bond acceptors (Lipinski definition) is 10. The molecule has 1 fully saturated rings. The van der Waals surface area contributed by atoms with Crippen molar-refractivity contribution in [3.05, 3.63) is 73.2 Å². The smallest absolute Gasteiger partial charge is 0.333 e. The number of nitrogens with one attached hydrogen (secondary N) is 2.